The van der Waals surface area contributed by atoms with Gasteiger partial charge in [0.15, 0.2) is 11.5 Å². The van der Waals surface area contributed by atoms with Crippen molar-refractivity contribution in [1.82, 2.24) is 0 Å². The molecule has 1 aromatic rings. The van der Waals surface area contributed by atoms with E-state index in [1.165, 1.54) is 14.2 Å². The Kier molecular flexibility index (Phi) is 3.77. The van der Waals surface area contributed by atoms with Crippen LogP contribution in [0, 0.1) is 0 Å². The molecule has 0 amide bonds. The summed E-state index contributed by atoms with van der Waals surface area (Å²) in [5.41, 5.74) is 0.432. The van der Waals surface area contributed by atoms with Crippen LogP contribution in [0.2, 0.25) is 0 Å². The number of carboxylic acids is 1. The van der Waals surface area contributed by atoms with Crippen LogP contribution in [0.4, 0.5) is 0 Å². The number of ether oxygens (including phenoxy) is 2. The third-order valence-electron chi connectivity index (χ3n) is 1.94. The number of aliphatic hydroxyl groups is 1. The Hall–Kier alpha value is -2.17. The molecule has 0 heterocycles. The van der Waals surface area contributed by atoms with Gasteiger partial charge in [0.05, 0.1) is 14.2 Å². The number of para-hydroxylation sites is 1. The van der Waals surface area contributed by atoms with Crippen molar-refractivity contribution in [2.45, 2.75) is 0 Å². The molecule has 1 aromatic carbocycles. The van der Waals surface area contributed by atoms with Crippen LogP contribution in [-0.2, 0) is 4.79 Å². The Balaban J connectivity index is 3.23. The van der Waals surface area contributed by atoms with Crippen LogP contribution in [0.1, 0.15) is 5.56 Å². The molecule has 0 unspecified atom stereocenters. The summed E-state index contributed by atoms with van der Waals surface area (Å²) in [7, 11) is 2.91. The molecule has 0 radical (unpaired) electrons. The van der Waals surface area contributed by atoms with E-state index < -0.39 is 11.7 Å². The number of carbonyl (C=O) groups is 1. The predicted molar refractivity (Wildman–Crippen MR) is 57.8 cm³/mol. The molecule has 86 valence electrons. The number of carboxylic acid groups (broad SMARTS) is 1. The Bertz CT molecular complexity index is 422. The van der Waals surface area contributed by atoms with E-state index >= 15 is 0 Å². The largest absolute Gasteiger partial charge is 0.502 e. The van der Waals surface area contributed by atoms with E-state index in [4.69, 9.17) is 19.7 Å². The maximum Gasteiger partial charge on any atom is 0.370 e. The van der Waals surface area contributed by atoms with Gasteiger partial charge in [0, 0.05) is 5.56 Å². The normalized spacial score (nSPS) is 11.0. The van der Waals surface area contributed by atoms with E-state index in [0.717, 1.165) is 6.08 Å². The molecule has 0 aliphatic carbocycles. The molecule has 0 aliphatic rings. The smallest absolute Gasteiger partial charge is 0.370 e. The van der Waals surface area contributed by atoms with Gasteiger partial charge < -0.3 is 19.7 Å². The number of rotatable bonds is 4. The van der Waals surface area contributed by atoms with Gasteiger partial charge in [-0.2, -0.15) is 0 Å². The van der Waals surface area contributed by atoms with E-state index in [9.17, 15) is 4.79 Å². The van der Waals surface area contributed by atoms with Crippen molar-refractivity contribution in [3.8, 4) is 11.5 Å². The molecule has 0 fully saturated rings. The van der Waals surface area contributed by atoms with E-state index in [1.807, 2.05) is 0 Å². The zero-order valence-electron chi connectivity index (χ0n) is 8.93. The first kappa shape index (κ1) is 11.9. The fraction of sp³-hybridized carbons (Fsp3) is 0.182. The zero-order chi connectivity index (χ0) is 12.1. The first-order valence-corrected chi connectivity index (χ1v) is 4.45. The molecule has 5 heteroatoms. The predicted octanol–water partition coefficient (Wildman–Crippen LogP) is 1.69. The van der Waals surface area contributed by atoms with Gasteiger partial charge in [-0.05, 0) is 12.1 Å². The summed E-state index contributed by atoms with van der Waals surface area (Å²) in [6, 6.07) is 4.96. The highest BCUT2D eigenvalue weighted by molar-refractivity contribution is 5.90. The van der Waals surface area contributed by atoms with Crippen molar-refractivity contribution >= 4 is 12.0 Å². The summed E-state index contributed by atoms with van der Waals surface area (Å²) >= 11 is 0. The lowest BCUT2D eigenvalue weighted by molar-refractivity contribution is -0.135. The number of benzene rings is 1. The molecule has 0 saturated heterocycles. The van der Waals surface area contributed by atoms with Crippen molar-refractivity contribution in [3.63, 3.8) is 0 Å². The fourth-order valence-electron chi connectivity index (χ4n) is 1.23. The third kappa shape index (κ3) is 2.44. The molecule has 5 nitrogen and oxygen atoms in total. The topological polar surface area (TPSA) is 76.0 Å². The standard InChI is InChI=1S/C11H12O5/c1-15-9-5-3-4-7(10(9)16-2)6-8(12)11(13)14/h3-6,12H,1-2H3,(H,13,14)/b8-6-. The number of hydrogen-bond donors (Lipinski definition) is 2. The first-order chi connectivity index (χ1) is 7.60. The monoisotopic (exact) mass is 224 g/mol. The molecule has 0 bridgehead atoms. The fourth-order valence-corrected chi connectivity index (χ4v) is 1.23. The molecule has 1 rings (SSSR count). The van der Waals surface area contributed by atoms with Gasteiger partial charge in [-0.3, -0.25) is 0 Å². The number of hydrogen-bond acceptors (Lipinski definition) is 4. The van der Waals surface area contributed by atoms with E-state index in [-0.39, 0.29) is 0 Å². The number of aliphatic hydroxyl groups excluding tert-OH is 1. The lowest BCUT2D eigenvalue weighted by Crippen LogP contribution is -1.99. The van der Waals surface area contributed by atoms with Gasteiger partial charge in [-0.15, -0.1) is 0 Å². The van der Waals surface area contributed by atoms with Crippen LogP contribution in [0.5, 0.6) is 11.5 Å². The minimum Gasteiger partial charge on any atom is -0.502 e. The van der Waals surface area contributed by atoms with Crippen LogP contribution >= 0.6 is 0 Å². The quantitative estimate of drug-likeness (QED) is 0.601. The average molecular weight is 224 g/mol. The van der Waals surface area contributed by atoms with E-state index in [0.29, 0.717) is 17.1 Å². The Morgan fingerprint density at radius 3 is 2.44 bits per heavy atom. The molecule has 16 heavy (non-hydrogen) atoms. The molecule has 0 saturated carbocycles. The van der Waals surface area contributed by atoms with Gasteiger partial charge >= 0.3 is 5.97 Å². The lowest BCUT2D eigenvalue weighted by atomic mass is 10.1. The Morgan fingerprint density at radius 1 is 1.25 bits per heavy atom. The van der Waals surface area contributed by atoms with Crippen LogP contribution in [0.25, 0.3) is 6.08 Å². The summed E-state index contributed by atoms with van der Waals surface area (Å²) in [5, 5.41) is 17.7. The minimum atomic E-state index is -1.40. The summed E-state index contributed by atoms with van der Waals surface area (Å²) < 4.78 is 10.1. The molecular formula is C11H12O5. The van der Waals surface area contributed by atoms with Crippen molar-refractivity contribution in [2.24, 2.45) is 0 Å². The van der Waals surface area contributed by atoms with Crippen LogP contribution < -0.4 is 9.47 Å². The molecule has 0 spiro atoms. The third-order valence-corrected chi connectivity index (χ3v) is 1.94. The van der Waals surface area contributed by atoms with Crippen molar-refractivity contribution in [1.29, 1.82) is 0 Å². The van der Waals surface area contributed by atoms with E-state index in [1.54, 1.807) is 18.2 Å². The molecule has 0 atom stereocenters. The van der Waals surface area contributed by atoms with Crippen LogP contribution in [0.15, 0.2) is 24.0 Å². The molecule has 2 N–H and O–H groups in total. The summed E-state index contributed by atoms with van der Waals surface area (Å²) in [5.74, 6) is -1.32. The van der Waals surface area contributed by atoms with Gasteiger partial charge in [-0.25, -0.2) is 4.79 Å². The SMILES string of the molecule is COc1cccc(/C=C(\O)C(=O)O)c1OC. The van der Waals surface area contributed by atoms with Gasteiger partial charge in [-0.1, -0.05) is 12.1 Å². The van der Waals surface area contributed by atoms with Crippen molar-refractivity contribution in [3.05, 3.63) is 29.5 Å². The Morgan fingerprint density at radius 2 is 1.94 bits per heavy atom. The molecular weight excluding hydrogens is 212 g/mol. The van der Waals surface area contributed by atoms with Gasteiger partial charge in [0.1, 0.15) is 0 Å². The minimum absolute atomic E-state index is 0.373. The van der Waals surface area contributed by atoms with Gasteiger partial charge in [0.2, 0.25) is 5.76 Å². The maximum atomic E-state index is 10.5. The molecule has 0 aromatic heterocycles. The highest BCUT2D eigenvalue weighted by Gasteiger charge is 2.10. The summed E-state index contributed by atoms with van der Waals surface area (Å²) in [6.45, 7) is 0. The zero-order valence-corrected chi connectivity index (χ0v) is 8.93. The second-order valence-corrected chi connectivity index (χ2v) is 2.92. The summed E-state index contributed by atoms with van der Waals surface area (Å²) in [4.78, 5) is 10.5. The Labute approximate surface area is 92.5 Å². The van der Waals surface area contributed by atoms with Crippen LogP contribution in [0.3, 0.4) is 0 Å². The number of aliphatic carboxylic acids is 1. The average Bonchev–Trinajstić information content (AvgIpc) is 2.28. The van der Waals surface area contributed by atoms with Crippen molar-refractivity contribution < 1.29 is 24.5 Å². The highest BCUT2D eigenvalue weighted by atomic mass is 16.5. The highest BCUT2D eigenvalue weighted by Crippen LogP contribution is 2.31. The lowest BCUT2D eigenvalue weighted by Gasteiger charge is -2.09. The first-order valence-electron chi connectivity index (χ1n) is 4.45. The van der Waals surface area contributed by atoms with Gasteiger partial charge in [0.25, 0.3) is 0 Å². The van der Waals surface area contributed by atoms with E-state index in [2.05, 4.69) is 0 Å². The van der Waals surface area contributed by atoms with Crippen LogP contribution in [-0.4, -0.2) is 30.4 Å². The second-order valence-electron chi connectivity index (χ2n) is 2.92. The maximum absolute atomic E-state index is 10.5. The van der Waals surface area contributed by atoms with Crippen molar-refractivity contribution in [2.75, 3.05) is 14.2 Å². The second kappa shape index (κ2) is 5.06. The number of methoxy groups -OCH3 is 2. The molecule has 0 aliphatic heterocycles. The summed E-state index contributed by atoms with van der Waals surface area (Å²) in [6.07, 6.45) is 1.10.